The van der Waals surface area contributed by atoms with Crippen LogP contribution >= 0.6 is 23.2 Å². The molecule has 1 unspecified atom stereocenters. The van der Waals surface area contributed by atoms with E-state index in [2.05, 4.69) is 0 Å². The maximum absolute atomic E-state index is 5.86. The zero-order valence-corrected chi connectivity index (χ0v) is 8.06. The average molecular weight is 206 g/mol. The second-order valence-corrected chi connectivity index (χ2v) is 3.17. The molecular formula is C8H9Cl2NO. The minimum absolute atomic E-state index is 0.491. The predicted octanol–water partition coefficient (Wildman–Crippen LogP) is 2.60. The van der Waals surface area contributed by atoms with E-state index >= 15 is 0 Å². The Bertz CT molecular complexity index is 278. The van der Waals surface area contributed by atoms with E-state index in [1.54, 1.807) is 18.2 Å². The lowest BCUT2D eigenvalue weighted by atomic mass is 10.2. The summed E-state index contributed by atoms with van der Waals surface area (Å²) in [6.45, 7) is 0. The van der Waals surface area contributed by atoms with Crippen LogP contribution in [0.25, 0.3) is 0 Å². The van der Waals surface area contributed by atoms with Crippen LogP contribution in [0.5, 0.6) is 0 Å². The molecule has 0 aliphatic carbocycles. The van der Waals surface area contributed by atoms with Crippen molar-refractivity contribution in [3.05, 3.63) is 33.8 Å². The van der Waals surface area contributed by atoms with Crippen molar-refractivity contribution in [2.24, 2.45) is 5.73 Å². The normalized spacial score (nSPS) is 13.0. The maximum Gasteiger partial charge on any atom is 0.132 e. The number of nitrogens with two attached hydrogens (primary N) is 1. The molecule has 0 spiro atoms. The molecular weight excluding hydrogens is 197 g/mol. The van der Waals surface area contributed by atoms with E-state index in [1.807, 2.05) is 0 Å². The van der Waals surface area contributed by atoms with Crippen LogP contribution in [-0.2, 0) is 4.74 Å². The van der Waals surface area contributed by atoms with Gasteiger partial charge < -0.3 is 10.5 Å². The molecule has 12 heavy (non-hydrogen) atoms. The summed E-state index contributed by atoms with van der Waals surface area (Å²) >= 11 is 11.6. The van der Waals surface area contributed by atoms with Crippen molar-refractivity contribution in [1.82, 2.24) is 0 Å². The first-order valence-electron chi connectivity index (χ1n) is 3.38. The Balaban J connectivity index is 3.01. The summed E-state index contributed by atoms with van der Waals surface area (Å²) in [6, 6.07) is 5.11. The molecule has 1 atom stereocenters. The number of halogens is 2. The van der Waals surface area contributed by atoms with Crippen LogP contribution in [-0.4, -0.2) is 7.11 Å². The molecule has 1 aromatic rings. The largest absolute Gasteiger partial charge is 0.362 e. The van der Waals surface area contributed by atoms with Gasteiger partial charge in [-0.25, -0.2) is 0 Å². The van der Waals surface area contributed by atoms with Gasteiger partial charge in [0.05, 0.1) is 0 Å². The van der Waals surface area contributed by atoms with Crippen LogP contribution < -0.4 is 5.73 Å². The highest BCUT2D eigenvalue weighted by Crippen LogP contribution is 2.25. The number of methoxy groups -OCH3 is 1. The van der Waals surface area contributed by atoms with E-state index in [0.717, 1.165) is 5.56 Å². The zero-order valence-electron chi connectivity index (χ0n) is 6.55. The Kier molecular flexibility index (Phi) is 3.35. The molecule has 0 radical (unpaired) electrons. The molecule has 0 saturated heterocycles. The quantitative estimate of drug-likeness (QED) is 0.754. The van der Waals surface area contributed by atoms with E-state index in [9.17, 15) is 0 Å². The van der Waals surface area contributed by atoms with Gasteiger partial charge in [-0.05, 0) is 12.1 Å². The van der Waals surface area contributed by atoms with Crippen molar-refractivity contribution in [3.8, 4) is 0 Å². The first-order valence-corrected chi connectivity index (χ1v) is 4.14. The number of benzene rings is 1. The molecule has 0 saturated carbocycles. The van der Waals surface area contributed by atoms with Crippen LogP contribution in [0.2, 0.25) is 10.0 Å². The van der Waals surface area contributed by atoms with Crippen molar-refractivity contribution in [3.63, 3.8) is 0 Å². The molecule has 0 amide bonds. The van der Waals surface area contributed by atoms with Gasteiger partial charge in [-0.15, -0.1) is 0 Å². The highest BCUT2D eigenvalue weighted by atomic mass is 35.5. The van der Waals surface area contributed by atoms with Crippen molar-refractivity contribution < 1.29 is 4.74 Å². The molecule has 2 nitrogen and oxygen atoms in total. The van der Waals surface area contributed by atoms with Gasteiger partial charge in [-0.2, -0.15) is 0 Å². The maximum atomic E-state index is 5.86. The standard InChI is InChI=1S/C8H9Cl2NO/c1-12-8(11)6-3-2-5(9)4-7(6)10/h2-4,8H,11H2,1H3. The highest BCUT2D eigenvalue weighted by Gasteiger charge is 2.08. The van der Waals surface area contributed by atoms with Crippen LogP contribution in [0, 0.1) is 0 Å². The summed E-state index contributed by atoms with van der Waals surface area (Å²) in [5, 5.41) is 1.11. The second kappa shape index (κ2) is 4.10. The number of hydrogen-bond acceptors (Lipinski definition) is 2. The third-order valence-electron chi connectivity index (χ3n) is 1.52. The number of rotatable bonds is 2. The van der Waals surface area contributed by atoms with Crippen LogP contribution in [0.4, 0.5) is 0 Å². The molecule has 0 aliphatic heterocycles. The third-order valence-corrected chi connectivity index (χ3v) is 2.09. The van der Waals surface area contributed by atoms with Gasteiger partial charge >= 0.3 is 0 Å². The van der Waals surface area contributed by atoms with Gasteiger partial charge in [0.1, 0.15) is 6.23 Å². The molecule has 4 heteroatoms. The Labute approximate surface area is 81.2 Å². The molecule has 66 valence electrons. The fourth-order valence-electron chi connectivity index (χ4n) is 0.859. The molecule has 0 aliphatic rings. The van der Waals surface area contributed by atoms with Gasteiger partial charge in [0.15, 0.2) is 0 Å². The minimum atomic E-state index is -0.491. The summed E-state index contributed by atoms with van der Waals surface area (Å²) in [6.07, 6.45) is -0.491. The molecule has 2 N–H and O–H groups in total. The SMILES string of the molecule is COC(N)c1ccc(Cl)cc1Cl. The second-order valence-electron chi connectivity index (χ2n) is 2.32. The van der Waals surface area contributed by atoms with Crippen LogP contribution in [0.1, 0.15) is 11.8 Å². The van der Waals surface area contributed by atoms with E-state index in [4.69, 9.17) is 33.7 Å². The first-order chi connectivity index (χ1) is 5.65. The minimum Gasteiger partial charge on any atom is -0.362 e. The average Bonchev–Trinajstić information content (AvgIpc) is 2.03. The Morgan fingerprint density at radius 2 is 2.08 bits per heavy atom. The summed E-state index contributed by atoms with van der Waals surface area (Å²) < 4.78 is 4.91. The number of hydrogen-bond donors (Lipinski definition) is 1. The van der Waals surface area contributed by atoms with Gasteiger partial charge in [0.2, 0.25) is 0 Å². The Morgan fingerprint density at radius 1 is 1.42 bits per heavy atom. The monoisotopic (exact) mass is 205 g/mol. The zero-order chi connectivity index (χ0) is 9.14. The predicted molar refractivity (Wildman–Crippen MR) is 50.4 cm³/mol. The van der Waals surface area contributed by atoms with E-state index in [0.29, 0.717) is 10.0 Å². The van der Waals surface area contributed by atoms with E-state index < -0.39 is 6.23 Å². The first kappa shape index (κ1) is 9.81. The lowest BCUT2D eigenvalue weighted by molar-refractivity contribution is 0.109. The Hall–Kier alpha value is -0.280. The fraction of sp³-hybridized carbons (Fsp3) is 0.250. The summed E-state index contributed by atoms with van der Waals surface area (Å²) in [7, 11) is 1.52. The van der Waals surface area contributed by atoms with Gasteiger partial charge in [-0.3, -0.25) is 0 Å². The lowest BCUT2D eigenvalue weighted by Gasteiger charge is -2.11. The molecule has 0 bridgehead atoms. The lowest BCUT2D eigenvalue weighted by Crippen LogP contribution is -2.12. The molecule has 0 heterocycles. The highest BCUT2D eigenvalue weighted by molar-refractivity contribution is 6.35. The van der Waals surface area contributed by atoms with Crippen molar-refractivity contribution >= 4 is 23.2 Å². The van der Waals surface area contributed by atoms with Gasteiger partial charge in [-0.1, -0.05) is 29.3 Å². The summed E-state index contributed by atoms with van der Waals surface area (Å²) in [5.74, 6) is 0. The third kappa shape index (κ3) is 2.11. The summed E-state index contributed by atoms with van der Waals surface area (Å²) in [4.78, 5) is 0. The van der Waals surface area contributed by atoms with Crippen LogP contribution in [0.15, 0.2) is 18.2 Å². The van der Waals surface area contributed by atoms with Crippen LogP contribution in [0.3, 0.4) is 0 Å². The molecule has 0 aromatic heterocycles. The van der Waals surface area contributed by atoms with Gasteiger partial charge in [0.25, 0.3) is 0 Å². The van der Waals surface area contributed by atoms with E-state index in [-0.39, 0.29) is 0 Å². The number of ether oxygens (including phenoxy) is 1. The fourth-order valence-corrected chi connectivity index (χ4v) is 1.38. The van der Waals surface area contributed by atoms with Crippen molar-refractivity contribution in [2.75, 3.05) is 7.11 Å². The van der Waals surface area contributed by atoms with E-state index in [1.165, 1.54) is 7.11 Å². The molecule has 1 aromatic carbocycles. The van der Waals surface area contributed by atoms with Crippen molar-refractivity contribution in [2.45, 2.75) is 6.23 Å². The smallest absolute Gasteiger partial charge is 0.132 e. The van der Waals surface area contributed by atoms with Crippen molar-refractivity contribution in [1.29, 1.82) is 0 Å². The molecule has 1 rings (SSSR count). The topological polar surface area (TPSA) is 35.2 Å². The Morgan fingerprint density at radius 3 is 2.58 bits per heavy atom. The molecule has 0 fully saturated rings. The van der Waals surface area contributed by atoms with Gasteiger partial charge in [0, 0.05) is 22.7 Å². The summed E-state index contributed by atoms with van der Waals surface area (Å²) in [5.41, 5.74) is 6.33.